The van der Waals surface area contributed by atoms with Gasteiger partial charge in [-0.2, -0.15) is 5.10 Å². The van der Waals surface area contributed by atoms with Crippen molar-refractivity contribution in [2.24, 2.45) is 0 Å². The highest BCUT2D eigenvalue weighted by Gasteiger charge is 2.22. The van der Waals surface area contributed by atoms with Gasteiger partial charge in [-0.05, 0) is 13.8 Å². The molecule has 1 aromatic carbocycles. The number of allylic oxidation sites excluding steroid dienone is 1. The first-order valence-corrected chi connectivity index (χ1v) is 7.54. The topological polar surface area (TPSA) is 49.3 Å². The maximum absolute atomic E-state index is 12.1. The molecule has 1 amide bonds. The van der Waals surface area contributed by atoms with E-state index in [1.54, 1.807) is 12.3 Å². The highest BCUT2D eigenvalue weighted by atomic mass is 16.2. The highest BCUT2D eigenvalue weighted by Crippen LogP contribution is 2.24. The Kier molecular flexibility index (Phi) is 4.04. The van der Waals surface area contributed by atoms with Crippen LogP contribution < -0.4 is 4.90 Å². The van der Waals surface area contributed by atoms with Crippen LogP contribution in [0, 0.1) is 0 Å². The van der Waals surface area contributed by atoms with Crippen LogP contribution in [0.25, 0.3) is 10.8 Å². The standard InChI is InChI=1S/C17H20N4O/c1-13(2)11-16(22)20-7-9-21(10-8-20)17-15-6-4-3-5-14(15)12-18-19-17/h3-6,11-12H,7-10H2,1-2H3. The summed E-state index contributed by atoms with van der Waals surface area (Å²) >= 11 is 0. The SMILES string of the molecule is CC(C)=CC(=O)N1CCN(c2nncc3ccccc23)CC1. The maximum Gasteiger partial charge on any atom is 0.246 e. The molecule has 5 heteroatoms. The minimum absolute atomic E-state index is 0.101. The normalized spacial score (nSPS) is 15.0. The van der Waals surface area contributed by atoms with Crippen LogP contribution >= 0.6 is 0 Å². The smallest absolute Gasteiger partial charge is 0.246 e. The summed E-state index contributed by atoms with van der Waals surface area (Å²) in [4.78, 5) is 16.2. The zero-order chi connectivity index (χ0) is 15.5. The van der Waals surface area contributed by atoms with Gasteiger partial charge in [0.25, 0.3) is 0 Å². The molecule has 5 nitrogen and oxygen atoms in total. The lowest BCUT2D eigenvalue weighted by Gasteiger charge is -2.35. The molecule has 0 saturated carbocycles. The van der Waals surface area contributed by atoms with E-state index in [2.05, 4.69) is 21.2 Å². The Morgan fingerprint density at radius 2 is 1.86 bits per heavy atom. The van der Waals surface area contributed by atoms with Gasteiger partial charge in [0.1, 0.15) is 0 Å². The van der Waals surface area contributed by atoms with Crippen molar-refractivity contribution in [2.75, 3.05) is 31.1 Å². The van der Waals surface area contributed by atoms with E-state index in [0.29, 0.717) is 13.1 Å². The first-order chi connectivity index (χ1) is 10.6. The number of benzene rings is 1. The monoisotopic (exact) mass is 296 g/mol. The number of fused-ring (bicyclic) bond motifs is 1. The molecule has 0 atom stereocenters. The van der Waals surface area contributed by atoms with Crippen LogP contribution in [0.3, 0.4) is 0 Å². The van der Waals surface area contributed by atoms with Crippen molar-refractivity contribution in [3.63, 3.8) is 0 Å². The van der Waals surface area contributed by atoms with Crippen LogP contribution in [-0.4, -0.2) is 47.2 Å². The van der Waals surface area contributed by atoms with Crippen LogP contribution in [0.2, 0.25) is 0 Å². The average molecular weight is 296 g/mol. The maximum atomic E-state index is 12.1. The first-order valence-electron chi connectivity index (χ1n) is 7.54. The van der Waals surface area contributed by atoms with Crippen molar-refractivity contribution in [2.45, 2.75) is 13.8 Å². The number of hydrogen-bond donors (Lipinski definition) is 0. The molecule has 1 fully saturated rings. The van der Waals surface area contributed by atoms with Gasteiger partial charge >= 0.3 is 0 Å². The molecule has 2 aromatic rings. The largest absolute Gasteiger partial charge is 0.351 e. The Morgan fingerprint density at radius 3 is 2.59 bits per heavy atom. The van der Waals surface area contributed by atoms with Gasteiger partial charge in [0, 0.05) is 43.0 Å². The van der Waals surface area contributed by atoms with Crippen LogP contribution in [0.1, 0.15) is 13.8 Å². The number of nitrogens with zero attached hydrogens (tertiary/aromatic N) is 4. The second-order valence-electron chi connectivity index (χ2n) is 5.79. The number of carbonyl (C=O) groups excluding carboxylic acids is 1. The van der Waals surface area contributed by atoms with Crippen LogP contribution in [0.15, 0.2) is 42.1 Å². The van der Waals surface area contributed by atoms with Crippen LogP contribution in [0.4, 0.5) is 5.82 Å². The summed E-state index contributed by atoms with van der Waals surface area (Å²) in [5.41, 5.74) is 1.03. The summed E-state index contributed by atoms with van der Waals surface area (Å²) in [7, 11) is 0. The molecule has 0 unspecified atom stereocenters. The summed E-state index contributed by atoms with van der Waals surface area (Å²) in [6.45, 7) is 6.89. The number of rotatable bonds is 2. The lowest BCUT2D eigenvalue weighted by atomic mass is 10.1. The zero-order valence-corrected chi connectivity index (χ0v) is 13.0. The van der Waals surface area contributed by atoms with Crippen molar-refractivity contribution >= 4 is 22.5 Å². The number of hydrogen-bond acceptors (Lipinski definition) is 4. The fourth-order valence-corrected chi connectivity index (χ4v) is 2.72. The van der Waals surface area contributed by atoms with Gasteiger partial charge in [-0.25, -0.2) is 0 Å². The number of amides is 1. The van der Waals surface area contributed by atoms with Gasteiger partial charge in [0.05, 0.1) is 6.20 Å². The molecule has 0 aliphatic carbocycles. The lowest BCUT2D eigenvalue weighted by Crippen LogP contribution is -2.48. The second-order valence-corrected chi connectivity index (χ2v) is 5.79. The number of piperazine rings is 1. The van der Waals surface area contributed by atoms with E-state index in [1.807, 2.05) is 36.9 Å². The predicted molar refractivity (Wildman–Crippen MR) is 87.8 cm³/mol. The number of aromatic nitrogens is 2. The quantitative estimate of drug-likeness (QED) is 0.798. The molecule has 1 aliphatic rings. The third-order valence-corrected chi connectivity index (χ3v) is 3.85. The van der Waals surface area contributed by atoms with Crippen molar-refractivity contribution in [3.8, 4) is 0 Å². The van der Waals surface area contributed by atoms with E-state index in [-0.39, 0.29) is 5.91 Å². The molecule has 0 spiro atoms. The van der Waals surface area contributed by atoms with Crippen LogP contribution in [-0.2, 0) is 4.79 Å². The third kappa shape index (κ3) is 2.93. The summed E-state index contributed by atoms with van der Waals surface area (Å²) in [5.74, 6) is 1.01. The zero-order valence-electron chi connectivity index (χ0n) is 13.0. The second kappa shape index (κ2) is 6.13. The summed E-state index contributed by atoms with van der Waals surface area (Å²) in [5, 5.41) is 10.6. The van der Waals surface area contributed by atoms with E-state index < -0.39 is 0 Å². The Hall–Kier alpha value is -2.43. The van der Waals surface area contributed by atoms with E-state index in [4.69, 9.17) is 0 Å². The molecule has 0 bridgehead atoms. The lowest BCUT2D eigenvalue weighted by molar-refractivity contribution is -0.126. The number of anilines is 1. The average Bonchev–Trinajstić information content (AvgIpc) is 2.54. The van der Waals surface area contributed by atoms with Gasteiger partial charge < -0.3 is 9.80 Å². The Morgan fingerprint density at radius 1 is 1.14 bits per heavy atom. The molecule has 1 aliphatic heterocycles. The van der Waals surface area contributed by atoms with Crippen LogP contribution in [0.5, 0.6) is 0 Å². The first kappa shape index (κ1) is 14.5. The van der Waals surface area contributed by atoms with E-state index in [9.17, 15) is 4.79 Å². The number of carbonyl (C=O) groups is 1. The van der Waals surface area contributed by atoms with E-state index >= 15 is 0 Å². The molecule has 22 heavy (non-hydrogen) atoms. The molecular weight excluding hydrogens is 276 g/mol. The summed E-state index contributed by atoms with van der Waals surface area (Å²) in [6, 6.07) is 8.13. The molecule has 1 saturated heterocycles. The molecular formula is C17H20N4O. The minimum atomic E-state index is 0.101. The predicted octanol–water partition coefficient (Wildman–Crippen LogP) is 2.24. The molecule has 1 aromatic heterocycles. The summed E-state index contributed by atoms with van der Waals surface area (Å²) in [6.07, 6.45) is 3.49. The molecule has 3 rings (SSSR count). The van der Waals surface area contributed by atoms with Gasteiger partial charge in [-0.15, -0.1) is 5.10 Å². The van der Waals surface area contributed by atoms with Crippen molar-refractivity contribution < 1.29 is 4.79 Å². The minimum Gasteiger partial charge on any atom is -0.351 e. The van der Waals surface area contributed by atoms with E-state index in [0.717, 1.165) is 35.3 Å². The Balaban J connectivity index is 1.76. The van der Waals surface area contributed by atoms with Gasteiger partial charge in [0.15, 0.2) is 5.82 Å². The van der Waals surface area contributed by atoms with Gasteiger partial charge in [-0.3, -0.25) is 4.79 Å². The Bertz CT molecular complexity index is 708. The Labute approximate surface area is 130 Å². The van der Waals surface area contributed by atoms with Crippen molar-refractivity contribution in [3.05, 3.63) is 42.1 Å². The summed E-state index contributed by atoms with van der Waals surface area (Å²) < 4.78 is 0. The molecule has 114 valence electrons. The molecule has 0 radical (unpaired) electrons. The fourth-order valence-electron chi connectivity index (χ4n) is 2.72. The van der Waals surface area contributed by atoms with Crippen molar-refractivity contribution in [1.82, 2.24) is 15.1 Å². The van der Waals surface area contributed by atoms with E-state index in [1.165, 1.54) is 0 Å². The van der Waals surface area contributed by atoms with Crippen molar-refractivity contribution in [1.29, 1.82) is 0 Å². The third-order valence-electron chi connectivity index (χ3n) is 3.85. The highest BCUT2D eigenvalue weighted by molar-refractivity contribution is 5.91. The molecule has 0 N–H and O–H groups in total. The molecule has 2 heterocycles. The van der Waals surface area contributed by atoms with Gasteiger partial charge in [-0.1, -0.05) is 29.8 Å². The fraction of sp³-hybridized carbons (Fsp3) is 0.353. The van der Waals surface area contributed by atoms with Gasteiger partial charge in [0.2, 0.25) is 5.91 Å².